The third kappa shape index (κ3) is 3.74. The van der Waals surface area contributed by atoms with Crippen molar-refractivity contribution < 1.29 is 0 Å². The van der Waals surface area contributed by atoms with Crippen molar-refractivity contribution in [1.29, 1.82) is 0 Å². The van der Waals surface area contributed by atoms with Crippen LogP contribution in [0.15, 0.2) is 22.7 Å². The Bertz CT molecular complexity index is 304. The Kier molecular flexibility index (Phi) is 5.19. The highest BCUT2D eigenvalue weighted by molar-refractivity contribution is 14.1. The molecule has 0 saturated carbocycles. The quantitative estimate of drug-likeness (QED) is 0.801. The van der Waals surface area contributed by atoms with E-state index in [1.54, 1.807) is 0 Å². The number of nitrogens with two attached hydrogens (primary N) is 1. The van der Waals surface area contributed by atoms with Gasteiger partial charge in [0.1, 0.15) is 0 Å². The Hall–Kier alpha value is 0.190. The molecule has 1 aromatic carbocycles. The van der Waals surface area contributed by atoms with Gasteiger partial charge in [-0.05, 0) is 53.3 Å². The Morgan fingerprint density at radius 1 is 1.57 bits per heavy atom. The lowest BCUT2D eigenvalue weighted by Gasteiger charge is -2.12. The maximum absolute atomic E-state index is 5.55. The van der Waals surface area contributed by atoms with Gasteiger partial charge >= 0.3 is 0 Å². The van der Waals surface area contributed by atoms with Crippen LogP contribution in [0.3, 0.4) is 0 Å². The summed E-state index contributed by atoms with van der Waals surface area (Å²) in [5.41, 5.74) is 6.72. The molecule has 14 heavy (non-hydrogen) atoms. The molecule has 0 bridgehead atoms. The van der Waals surface area contributed by atoms with Gasteiger partial charge in [-0.3, -0.25) is 0 Å². The van der Waals surface area contributed by atoms with E-state index in [0.717, 1.165) is 17.6 Å². The highest BCUT2D eigenvalue weighted by atomic mass is 127. The van der Waals surface area contributed by atoms with Gasteiger partial charge in [-0.15, -0.1) is 0 Å². The van der Waals surface area contributed by atoms with Crippen molar-refractivity contribution in [3.8, 4) is 0 Å². The summed E-state index contributed by atoms with van der Waals surface area (Å²) in [4.78, 5) is 0. The molecule has 0 aliphatic heterocycles. The maximum Gasteiger partial charge on any atom is 0.0487 e. The van der Waals surface area contributed by atoms with E-state index in [0.29, 0.717) is 5.92 Å². The van der Waals surface area contributed by atoms with Crippen molar-refractivity contribution in [2.75, 3.05) is 18.4 Å². The van der Waals surface area contributed by atoms with Crippen molar-refractivity contribution in [3.63, 3.8) is 0 Å². The second kappa shape index (κ2) is 5.92. The molecule has 1 aromatic rings. The van der Waals surface area contributed by atoms with Gasteiger partial charge in [0.25, 0.3) is 0 Å². The summed E-state index contributed by atoms with van der Waals surface area (Å²) in [6.45, 7) is 3.78. The summed E-state index contributed by atoms with van der Waals surface area (Å²) >= 11 is 5.77. The zero-order chi connectivity index (χ0) is 10.6. The van der Waals surface area contributed by atoms with Crippen LogP contribution in [0, 0.1) is 9.49 Å². The van der Waals surface area contributed by atoms with Gasteiger partial charge in [0, 0.05) is 20.3 Å². The number of hydrogen-bond donors (Lipinski definition) is 2. The Morgan fingerprint density at radius 2 is 2.29 bits per heavy atom. The lowest BCUT2D eigenvalue weighted by molar-refractivity contribution is 0.628. The van der Waals surface area contributed by atoms with Gasteiger partial charge in [-0.2, -0.15) is 0 Å². The zero-order valence-electron chi connectivity index (χ0n) is 8.06. The van der Waals surface area contributed by atoms with Crippen LogP contribution < -0.4 is 11.1 Å². The van der Waals surface area contributed by atoms with Crippen LogP contribution in [0.25, 0.3) is 0 Å². The third-order valence-corrected chi connectivity index (χ3v) is 3.41. The number of halogens is 2. The second-order valence-electron chi connectivity index (χ2n) is 3.35. The van der Waals surface area contributed by atoms with Crippen molar-refractivity contribution in [3.05, 3.63) is 26.2 Å². The van der Waals surface area contributed by atoms with Crippen molar-refractivity contribution in [2.45, 2.75) is 6.92 Å². The largest absolute Gasteiger partial charge is 0.384 e. The summed E-state index contributed by atoms with van der Waals surface area (Å²) in [5.74, 6) is 0.504. The molecule has 1 atom stereocenters. The first-order chi connectivity index (χ1) is 6.63. The lowest BCUT2D eigenvalue weighted by atomic mass is 10.2. The van der Waals surface area contributed by atoms with E-state index in [1.165, 1.54) is 9.26 Å². The summed E-state index contributed by atoms with van der Waals surface area (Å²) in [5, 5.41) is 3.39. The molecule has 0 aromatic heterocycles. The molecule has 3 N–H and O–H groups in total. The second-order valence-corrected chi connectivity index (χ2v) is 5.42. The van der Waals surface area contributed by atoms with Gasteiger partial charge in [0.05, 0.1) is 0 Å². The molecule has 0 aliphatic rings. The number of hydrogen-bond acceptors (Lipinski definition) is 2. The standard InChI is InChI=1S/C10H14BrIN2/c1-7(5-13)6-14-10-4-8(11)2-3-9(10)12/h2-4,7,14H,5-6,13H2,1H3. The first-order valence-electron chi connectivity index (χ1n) is 4.52. The molecule has 78 valence electrons. The van der Waals surface area contributed by atoms with Gasteiger partial charge in [0.15, 0.2) is 0 Å². The number of rotatable bonds is 4. The van der Waals surface area contributed by atoms with E-state index >= 15 is 0 Å². The van der Waals surface area contributed by atoms with Crippen LogP contribution in [0.5, 0.6) is 0 Å². The molecule has 4 heteroatoms. The molecule has 0 amide bonds. The van der Waals surface area contributed by atoms with Crippen LogP contribution in [0.4, 0.5) is 5.69 Å². The van der Waals surface area contributed by atoms with Crippen LogP contribution in [0.2, 0.25) is 0 Å². The molecule has 0 aliphatic carbocycles. The van der Waals surface area contributed by atoms with E-state index in [4.69, 9.17) is 5.73 Å². The predicted octanol–water partition coefficient (Wildman–Crippen LogP) is 3.06. The van der Waals surface area contributed by atoms with Gasteiger partial charge in [-0.25, -0.2) is 0 Å². The molecule has 0 fully saturated rings. The monoisotopic (exact) mass is 368 g/mol. The summed E-state index contributed by atoms with van der Waals surface area (Å²) < 4.78 is 2.33. The number of benzene rings is 1. The topological polar surface area (TPSA) is 38.0 Å². The van der Waals surface area contributed by atoms with Crippen LogP contribution in [-0.2, 0) is 0 Å². The Labute approximate surface area is 107 Å². The first-order valence-corrected chi connectivity index (χ1v) is 6.39. The Morgan fingerprint density at radius 3 is 2.93 bits per heavy atom. The van der Waals surface area contributed by atoms with Gasteiger partial charge in [-0.1, -0.05) is 22.9 Å². The number of nitrogens with one attached hydrogen (secondary N) is 1. The van der Waals surface area contributed by atoms with Crippen LogP contribution in [-0.4, -0.2) is 13.1 Å². The Balaban J connectivity index is 2.62. The van der Waals surface area contributed by atoms with Crippen molar-refractivity contribution >= 4 is 44.2 Å². The molecular weight excluding hydrogens is 355 g/mol. The SMILES string of the molecule is CC(CN)CNc1cc(Br)ccc1I. The average molecular weight is 369 g/mol. The maximum atomic E-state index is 5.55. The molecule has 0 radical (unpaired) electrons. The molecule has 1 unspecified atom stereocenters. The fourth-order valence-corrected chi connectivity index (χ4v) is 1.89. The number of anilines is 1. The zero-order valence-corrected chi connectivity index (χ0v) is 11.8. The highest BCUT2D eigenvalue weighted by Gasteiger charge is 2.02. The van der Waals surface area contributed by atoms with Crippen molar-refractivity contribution in [2.24, 2.45) is 11.7 Å². The smallest absolute Gasteiger partial charge is 0.0487 e. The normalized spacial score (nSPS) is 12.6. The summed E-state index contributed by atoms with van der Waals surface area (Å²) in [6.07, 6.45) is 0. The minimum Gasteiger partial charge on any atom is -0.384 e. The van der Waals surface area contributed by atoms with E-state index < -0.39 is 0 Å². The molecular formula is C10H14BrIN2. The predicted molar refractivity (Wildman–Crippen MR) is 73.6 cm³/mol. The van der Waals surface area contributed by atoms with Crippen LogP contribution >= 0.6 is 38.5 Å². The fourth-order valence-electron chi connectivity index (χ4n) is 1.00. The molecule has 0 spiro atoms. The molecule has 1 rings (SSSR count). The lowest BCUT2D eigenvalue weighted by Crippen LogP contribution is -2.20. The van der Waals surface area contributed by atoms with E-state index in [2.05, 4.69) is 62.9 Å². The third-order valence-electron chi connectivity index (χ3n) is 1.97. The molecule has 2 nitrogen and oxygen atoms in total. The highest BCUT2D eigenvalue weighted by Crippen LogP contribution is 2.22. The average Bonchev–Trinajstić information content (AvgIpc) is 2.19. The van der Waals surface area contributed by atoms with E-state index in [-0.39, 0.29) is 0 Å². The van der Waals surface area contributed by atoms with Crippen LogP contribution in [0.1, 0.15) is 6.92 Å². The van der Waals surface area contributed by atoms with Gasteiger partial charge in [0.2, 0.25) is 0 Å². The van der Waals surface area contributed by atoms with Gasteiger partial charge < -0.3 is 11.1 Å². The van der Waals surface area contributed by atoms with Crippen molar-refractivity contribution in [1.82, 2.24) is 0 Å². The molecule has 0 saturated heterocycles. The first kappa shape index (κ1) is 12.3. The summed E-state index contributed by atoms with van der Waals surface area (Å²) in [7, 11) is 0. The van der Waals surface area contributed by atoms with E-state index in [1.807, 2.05) is 6.07 Å². The molecule has 0 heterocycles. The minimum atomic E-state index is 0.504. The fraction of sp³-hybridized carbons (Fsp3) is 0.400. The summed E-state index contributed by atoms with van der Waals surface area (Å²) in [6, 6.07) is 6.21. The minimum absolute atomic E-state index is 0.504. The van der Waals surface area contributed by atoms with E-state index in [9.17, 15) is 0 Å².